The van der Waals surface area contributed by atoms with E-state index in [4.69, 9.17) is 47.4 Å². The number of esters is 8. The van der Waals surface area contributed by atoms with E-state index in [1.807, 2.05) is 0 Å². The number of carbonyl (C=O) groups is 8. The third kappa shape index (κ3) is 13.9. The summed E-state index contributed by atoms with van der Waals surface area (Å²) in [5.41, 5.74) is -2.47. The molecule has 2 aliphatic heterocycles. The second-order valence-electron chi connectivity index (χ2n) is 15.2. The minimum absolute atomic E-state index is 0.151. The Balaban J connectivity index is 1.95. The Labute approximate surface area is 331 Å². The normalized spacial score (nSPS) is 21.7. The van der Waals surface area contributed by atoms with Crippen LogP contribution in [0, 0.1) is 39.9 Å². The van der Waals surface area contributed by atoms with Crippen molar-refractivity contribution in [2.45, 2.75) is 66.0 Å². The van der Waals surface area contributed by atoms with Gasteiger partial charge in [0.15, 0.2) is 12.6 Å². The number of ether oxygens (including phenoxy) is 12. The van der Waals surface area contributed by atoms with E-state index in [2.05, 4.69) is 9.47 Å². The molecule has 2 saturated heterocycles. The van der Waals surface area contributed by atoms with Gasteiger partial charge in [-0.15, -0.1) is 0 Å². The van der Waals surface area contributed by atoms with Crippen molar-refractivity contribution in [2.24, 2.45) is 39.9 Å². The minimum atomic E-state index is -1.38. The zero-order chi connectivity index (χ0) is 43.1. The van der Waals surface area contributed by atoms with E-state index < -0.39 is 126 Å². The summed E-state index contributed by atoms with van der Waals surface area (Å²) in [5, 5.41) is 0. The van der Waals surface area contributed by atoms with E-state index in [0.29, 0.717) is 0 Å². The summed E-state index contributed by atoms with van der Waals surface area (Å²) >= 11 is 0. The Hall–Kier alpha value is -4.40. The van der Waals surface area contributed by atoms with Crippen LogP contribution in [0.15, 0.2) is 0 Å². The molecule has 0 aromatic carbocycles. The Kier molecular flexibility index (Phi) is 18.8. The molecule has 324 valence electrons. The van der Waals surface area contributed by atoms with Gasteiger partial charge in [-0.2, -0.15) is 0 Å². The second kappa shape index (κ2) is 21.9. The van der Waals surface area contributed by atoms with Crippen molar-refractivity contribution in [3.8, 4) is 0 Å². The molecule has 0 radical (unpaired) electrons. The van der Waals surface area contributed by atoms with Crippen LogP contribution in [-0.4, -0.2) is 143 Å². The fourth-order valence-electron chi connectivity index (χ4n) is 6.10. The standard InChI is InChI=1S/C37H56O20/c1-35(2,15-52-27(40)13-23(31(44)50-9)21(29(42)48-7)11-25(38)46-5)33-54-17-37(18-55-33)19-56-34(57-20-37)36(3,4)16-53-28(41)14-24(32(45)51-10)22(30(43)49-8)12-26(39)47-6/h21-24,33-34H,11-20H2,1-10H3. The molecule has 0 amide bonds. The maximum atomic E-state index is 12.9. The van der Waals surface area contributed by atoms with Crippen molar-refractivity contribution in [3.05, 3.63) is 0 Å². The molecule has 2 heterocycles. The Bertz CT molecular complexity index is 1310. The van der Waals surface area contributed by atoms with Crippen molar-refractivity contribution in [1.29, 1.82) is 0 Å². The molecule has 2 aliphatic rings. The average Bonchev–Trinajstić information content (AvgIpc) is 3.20. The van der Waals surface area contributed by atoms with Gasteiger partial charge in [-0.3, -0.25) is 38.4 Å². The molecule has 0 N–H and O–H groups in total. The van der Waals surface area contributed by atoms with Crippen LogP contribution in [-0.2, 0) is 95.2 Å². The third-order valence-corrected chi connectivity index (χ3v) is 9.64. The molecule has 0 aromatic rings. The summed E-state index contributed by atoms with van der Waals surface area (Å²) in [6, 6.07) is 0. The minimum Gasteiger partial charge on any atom is -0.469 e. The fourth-order valence-corrected chi connectivity index (χ4v) is 6.10. The van der Waals surface area contributed by atoms with E-state index in [1.54, 1.807) is 27.7 Å². The molecular weight excluding hydrogens is 764 g/mol. The highest BCUT2D eigenvalue weighted by Gasteiger charge is 2.49. The van der Waals surface area contributed by atoms with Crippen LogP contribution in [0.4, 0.5) is 0 Å². The van der Waals surface area contributed by atoms with Crippen LogP contribution in [0.3, 0.4) is 0 Å². The van der Waals surface area contributed by atoms with E-state index in [9.17, 15) is 38.4 Å². The zero-order valence-corrected chi connectivity index (χ0v) is 34.2. The highest BCUT2D eigenvalue weighted by molar-refractivity contribution is 5.89. The average molecular weight is 821 g/mol. The first-order valence-electron chi connectivity index (χ1n) is 18.0. The van der Waals surface area contributed by atoms with Gasteiger partial charge in [-0.25, -0.2) is 0 Å². The van der Waals surface area contributed by atoms with Crippen molar-refractivity contribution in [3.63, 3.8) is 0 Å². The van der Waals surface area contributed by atoms with Crippen LogP contribution in [0.1, 0.15) is 53.4 Å². The largest absolute Gasteiger partial charge is 0.469 e. The van der Waals surface area contributed by atoms with E-state index in [-0.39, 0.29) is 39.6 Å². The molecule has 2 rings (SSSR count). The number of hydrogen-bond acceptors (Lipinski definition) is 20. The highest BCUT2D eigenvalue weighted by atomic mass is 16.7. The maximum absolute atomic E-state index is 12.9. The summed E-state index contributed by atoms with van der Waals surface area (Å²) < 4.78 is 63.4. The zero-order valence-electron chi connectivity index (χ0n) is 34.2. The lowest BCUT2D eigenvalue weighted by molar-refractivity contribution is -0.337. The quantitative estimate of drug-likeness (QED) is 0.122. The van der Waals surface area contributed by atoms with Gasteiger partial charge in [0.1, 0.15) is 13.2 Å². The van der Waals surface area contributed by atoms with Gasteiger partial charge in [0.05, 0.1) is 124 Å². The summed E-state index contributed by atoms with van der Waals surface area (Å²) in [7, 11) is 6.55. The Morgan fingerprint density at radius 3 is 0.930 bits per heavy atom. The van der Waals surface area contributed by atoms with E-state index in [1.165, 1.54) is 0 Å². The first kappa shape index (κ1) is 48.7. The predicted molar refractivity (Wildman–Crippen MR) is 188 cm³/mol. The first-order valence-corrected chi connectivity index (χ1v) is 18.0. The van der Waals surface area contributed by atoms with Crippen LogP contribution < -0.4 is 0 Å². The molecule has 0 saturated carbocycles. The highest BCUT2D eigenvalue weighted by Crippen LogP contribution is 2.39. The fraction of sp³-hybridized carbons (Fsp3) is 0.784. The smallest absolute Gasteiger partial charge is 0.310 e. The van der Waals surface area contributed by atoms with Crippen molar-refractivity contribution in [2.75, 3.05) is 82.3 Å². The number of rotatable bonds is 20. The van der Waals surface area contributed by atoms with Gasteiger partial charge in [-0.05, 0) is 0 Å². The summed E-state index contributed by atoms with van der Waals surface area (Å²) in [4.78, 5) is 99.6. The molecule has 0 bridgehead atoms. The van der Waals surface area contributed by atoms with E-state index in [0.717, 1.165) is 42.7 Å². The van der Waals surface area contributed by atoms with Gasteiger partial charge in [0, 0.05) is 10.8 Å². The monoisotopic (exact) mass is 820 g/mol. The van der Waals surface area contributed by atoms with Gasteiger partial charge in [-0.1, -0.05) is 27.7 Å². The molecule has 0 aliphatic carbocycles. The van der Waals surface area contributed by atoms with Crippen LogP contribution in [0.2, 0.25) is 0 Å². The molecule has 20 heteroatoms. The SMILES string of the molecule is COC(=O)CC(C(=O)OC)C(CC(=O)OCC(C)(C)C1OCC2(CO1)COC(C(C)(C)COC(=O)CC(C(=O)OC)C(CC(=O)OC)C(=O)OC)OC2)C(=O)OC. The van der Waals surface area contributed by atoms with Crippen LogP contribution in [0.25, 0.3) is 0 Å². The van der Waals surface area contributed by atoms with Gasteiger partial charge in [0.25, 0.3) is 0 Å². The molecule has 2 fully saturated rings. The van der Waals surface area contributed by atoms with Crippen molar-refractivity contribution >= 4 is 47.8 Å². The molecule has 4 atom stereocenters. The van der Waals surface area contributed by atoms with Crippen LogP contribution >= 0.6 is 0 Å². The summed E-state index contributed by atoms with van der Waals surface area (Å²) in [6.07, 6.45) is -3.87. The Morgan fingerprint density at radius 1 is 0.456 bits per heavy atom. The van der Waals surface area contributed by atoms with E-state index >= 15 is 0 Å². The van der Waals surface area contributed by atoms with Gasteiger partial charge in [0.2, 0.25) is 0 Å². The molecule has 1 spiro atoms. The second-order valence-corrected chi connectivity index (χ2v) is 15.2. The first-order chi connectivity index (χ1) is 26.7. The number of carbonyl (C=O) groups excluding carboxylic acids is 8. The molecule has 0 aromatic heterocycles. The molecule has 4 unspecified atom stereocenters. The van der Waals surface area contributed by atoms with Crippen molar-refractivity contribution < 1.29 is 95.2 Å². The lowest BCUT2D eigenvalue weighted by Gasteiger charge is -2.48. The summed E-state index contributed by atoms with van der Waals surface area (Å²) in [6.45, 7) is 7.17. The predicted octanol–water partition coefficient (Wildman–Crippen LogP) is 0.921. The topological polar surface area (TPSA) is 247 Å². The maximum Gasteiger partial charge on any atom is 0.310 e. The third-order valence-electron chi connectivity index (χ3n) is 9.64. The van der Waals surface area contributed by atoms with Gasteiger partial charge < -0.3 is 56.8 Å². The molecular formula is C37H56O20. The van der Waals surface area contributed by atoms with Gasteiger partial charge >= 0.3 is 47.8 Å². The molecule has 20 nitrogen and oxygen atoms in total. The molecule has 57 heavy (non-hydrogen) atoms. The number of hydrogen-bond donors (Lipinski definition) is 0. The lowest BCUT2D eigenvalue weighted by Crippen LogP contribution is -2.57. The Morgan fingerprint density at radius 2 is 0.702 bits per heavy atom. The summed E-state index contributed by atoms with van der Waals surface area (Å²) in [5.74, 6) is -12.3. The number of methoxy groups -OCH3 is 6. The van der Waals surface area contributed by atoms with Crippen molar-refractivity contribution in [1.82, 2.24) is 0 Å². The lowest BCUT2D eigenvalue weighted by atomic mass is 9.86. The van der Waals surface area contributed by atoms with Crippen LogP contribution in [0.5, 0.6) is 0 Å².